The Balaban J connectivity index is 1.34. The second kappa shape index (κ2) is 12.2. The standard InChI is InChI=1S/C25H30FNO5/c1-2-31-24(28)17-30-15-18-6-8-19(9-7-18)16-32-25(29)27-23-12-10-20(11-13-23)21-4-3-5-22(26)14-21/h3-5,10-14,18-19H,2,6-9,15-17H2,1H3,(H,27,29). The molecule has 1 fully saturated rings. The van der Waals surface area contributed by atoms with Gasteiger partial charge in [-0.05, 0) is 79.8 Å². The van der Waals surface area contributed by atoms with Crippen LogP contribution in [0.25, 0.3) is 11.1 Å². The van der Waals surface area contributed by atoms with Crippen LogP contribution in [-0.4, -0.2) is 38.5 Å². The fourth-order valence-electron chi connectivity index (χ4n) is 3.84. The zero-order valence-electron chi connectivity index (χ0n) is 18.3. The van der Waals surface area contributed by atoms with Gasteiger partial charge in [-0.15, -0.1) is 0 Å². The van der Waals surface area contributed by atoms with Crippen molar-refractivity contribution >= 4 is 17.7 Å². The summed E-state index contributed by atoms with van der Waals surface area (Å²) in [6, 6.07) is 13.6. The van der Waals surface area contributed by atoms with Gasteiger partial charge in [0.15, 0.2) is 0 Å². The molecule has 1 aliphatic carbocycles. The summed E-state index contributed by atoms with van der Waals surface area (Å²) in [7, 11) is 0. The molecule has 6 nitrogen and oxygen atoms in total. The van der Waals surface area contributed by atoms with Crippen LogP contribution in [0.3, 0.4) is 0 Å². The Labute approximate surface area is 188 Å². The second-order valence-electron chi connectivity index (χ2n) is 8.02. The number of halogens is 1. The smallest absolute Gasteiger partial charge is 0.411 e. The third kappa shape index (κ3) is 7.64. The van der Waals surface area contributed by atoms with Gasteiger partial charge in [0.1, 0.15) is 12.4 Å². The number of hydrogen-bond donors (Lipinski definition) is 1. The van der Waals surface area contributed by atoms with Crippen LogP contribution in [0.1, 0.15) is 32.6 Å². The Kier molecular flexibility index (Phi) is 9.04. The quantitative estimate of drug-likeness (QED) is 0.523. The van der Waals surface area contributed by atoms with Crippen LogP contribution in [0.15, 0.2) is 48.5 Å². The monoisotopic (exact) mass is 443 g/mol. The average molecular weight is 444 g/mol. The molecular weight excluding hydrogens is 413 g/mol. The Morgan fingerprint density at radius 2 is 1.62 bits per heavy atom. The van der Waals surface area contributed by atoms with Crippen molar-refractivity contribution in [2.24, 2.45) is 11.8 Å². The molecular formula is C25H30FNO5. The first-order valence-corrected chi connectivity index (χ1v) is 11.1. The maximum atomic E-state index is 13.4. The highest BCUT2D eigenvalue weighted by atomic mass is 19.1. The van der Waals surface area contributed by atoms with Crippen LogP contribution in [0.4, 0.5) is 14.9 Å². The highest BCUT2D eigenvalue weighted by molar-refractivity contribution is 5.85. The number of benzene rings is 2. The molecule has 2 aromatic rings. The number of carbonyl (C=O) groups excluding carboxylic acids is 2. The van der Waals surface area contributed by atoms with E-state index in [0.29, 0.717) is 37.3 Å². The van der Waals surface area contributed by atoms with E-state index in [0.717, 1.165) is 36.8 Å². The molecule has 1 amide bonds. The summed E-state index contributed by atoms with van der Waals surface area (Å²) < 4.78 is 29.1. The predicted molar refractivity (Wildman–Crippen MR) is 120 cm³/mol. The lowest BCUT2D eigenvalue weighted by atomic mass is 9.83. The number of ether oxygens (including phenoxy) is 3. The molecule has 172 valence electrons. The van der Waals surface area contributed by atoms with Gasteiger partial charge in [-0.25, -0.2) is 14.0 Å². The number of nitrogens with one attached hydrogen (secondary N) is 1. The van der Waals surface area contributed by atoms with Crippen LogP contribution >= 0.6 is 0 Å². The molecule has 0 spiro atoms. The third-order valence-corrected chi connectivity index (χ3v) is 5.58. The molecule has 7 heteroatoms. The normalized spacial score (nSPS) is 18.1. The Morgan fingerprint density at radius 1 is 0.938 bits per heavy atom. The summed E-state index contributed by atoms with van der Waals surface area (Å²) in [4.78, 5) is 23.4. The summed E-state index contributed by atoms with van der Waals surface area (Å²) in [6.07, 6.45) is 3.41. The maximum absolute atomic E-state index is 13.4. The van der Waals surface area contributed by atoms with Crippen molar-refractivity contribution in [2.45, 2.75) is 32.6 Å². The number of anilines is 1. The van der Waals surface area contributed by atoms with Crippen LogP contribution < -0.4 is 5.32 Å². The summed E-state index contributed by atoms with van der Waals surface area (Å²) in [5.41, 5.74) is 2.27. The molecule has 32 heavy (non-hydrogen) atoms. The Bertz CT molecular complexity index is 878. The van der Waals surface area contributed by atoms with E-state index in [1.807, 2.05) is 18.2 Å². The van der Waals surface area contributed by atoms with E-state index in [1.54, 1.807) is 25.1 Å². The maximum Gasteiger partial charge on any atom is 0.411 e. The fraction of sp³-hybridized carbons (Fsp3) is 0.440. The van der Waals surface area contributed by atoms with Crippen LogP contribution in [0.5, 0.6) is 0 Å². The molecule has 0 atom stereocenters. The predicted octanol–water partition coefficient (Wildman–Crippen LogP) is 5.43. The zero-order chi connectivity index (χ0) is 22.8. The molecule has 1 saturated carbocycles. The average Bonchev–Trinajstić information content (AvgIpc) is 2.79. The zero-order valence-corrected chi connectivity index (χ0v) is 18.3. The number of rotatable bonds is 9. The minimum absolute atomic E-state index is 0.000264. The molecule has 0 heterocycles. The van der Waals surface area contributed by atoms with Crippen molar-refractivity contribution in [2.75, 3.05) is 31.7 Å². The first-order valence-electron chi connectivity index (χ1n) is 11.1. The fourth-order valence-corrected chi connectivity index (χ4v) is 3.84. The number of amides is 1. The van der Waals surface area contributed by atoms with Crippen LogP contribution in [0.2, 0.25) is 0 Å². The Morgan fingerprint density at radius 3 is 2.28 bits per heavy atom. The molecule has 0 radical (unpaired) electrons. The van der Waals surface area contributed by atoms with Gasteiger partial charge in [-0.3, -0.25) is 5.32 Å². The summed E-state index contributed by atoms with van der Waals surface area (Å²) in [6.45, 7) is 3.07. The number of carbonyl (C=O) groups is 2. The molecule has 0 aliphatic heterocycles. The van der Waals surface area contributed by atoms with Crippen LogP contribution in [0, 0.1) is 17.7 Å². The van der Waals surface area contributed by atoms with Gasteiger partial charge < -0.3 is 14.2 Å². The van der Waals surface area contributed by atoms with E-state index in [4.69, 9.17) is 14.2 Å². The van der Waals surface area contributed by atoms with Gasteiger partial charge in [0.05, 0.1) is 19.8 Å². The van der Waals surface area contributed by atoms with E-state index in [-0.39, 0.29) is 18.4 Å². The van der Waals surface area contributed by atoms with Gasteiger partial charge in [-0.1, -0.05) is 24.3 Å². The van der Waals surface area contributed by atoms with Crippen molar-refractivity contribution in [3.8, 4) is 11.1 Å². The van der Waals surface area contributed by atoms with Gasteiger partial charge in [0.25, 0.3) is 0 Å². The van der Waals surface area contributed by atoms with Crippen molar-refractivity contribution in [3.63, 3.8) is 0 Å². The molecule has 1 N–H and O–H groups in total. The lowest BCUT2D eigenvalue weighted by Gasteiger charge is -2.27. The topological polar surface area (TPSA) is 73.9 Å². The molecule has 0 saturated heterocycles. The molecule has 0 bridgehead atoms. The van der Waals surface area contributed by atoms with E-state index < -0.39 is 6.09 Å². The van der Waals surface area contributed by atoms with Crippen LogP contribution in [-0.2, 0) is 19.0 Å². The summed E-state index contributed by atoms with van der Waals surface area (Å²) in [5.74, 6) is 0.138. The molecule has 0 aromatic heterocycles. The summed E-state index contributed by atoms with van der Waals surface area (Å²) in [5, 5.41) is 2.73. The first-order chi connectivity index (χ1) is 15.5. The highest BCUT2D eigenvalue weighted by Crippen LogP contribution is 2.29. The van der Waals surface area contributed by atoms with Crippen molar-refractivity contribution in [1.82, 2.24) is 0 Å². The molecule has 0 unspecified atom stereocenters. The second-order valence-corrected chi connectivity index (χ2v) is 8.02. The van der Waals surface area contributed by atoms with Crippen molar-refractivity contribution in [3.05, 3.63) is 54.3 Å². The number of hydrogen-bond acceptors (Lipinski definition) is 5. The molecule has 2 aromatic carbocycles. The van der Waals surface area contributed by atoms with E-state index in [1.165, 1.54) is 12.1 Å². The molecule has 1 aliphatic rings. The van der Waals surface area contributed by atoms with E-state index in [9.17, 15) is 14.0 Å². The minimum Gasteiger partial charge on any atom is -0.464 e. The third-order valence-electron chi connectivity index (χ3n) is 5.58. The first kappa shape index (κ1) is 23.7. The SMILES string of the molecule is CCOC(=O)COCC1CCC(COC(=O)Nc2ccc(-c3cccc(F)c3)cc2)CC1. The lowest BCUT2D eigenvalue weighted by Crippen LogP contribution is -2.25. The van der Waals surface area contributed by atoms with E-state index >= 15 is 0 Å². The summed E-state index contributed by atoms with van der Waals surface area (Å²) >= 11 is 0. The van der Waals surface area contributed by atoms with Crippen molar-refractivity contribution < 1.29 is 28.2 Å². The highest BCUT2D eigenvalue weighted by Gasteiger charge is 2.23. The number of esters is 1. The minimum atomic E-state index is -0.483. The Hall–Kier alpha value is -2.93. The van der Waals surface area contributed by atoms with Gasteiger partial charge in [-0.2, -0.15) is 0 Å². The van der Waals surface area contributed by atoms with Crippen molar-refractivity contribution in [1.29, 1.82) is 0 Å². The van der Waals surface area contributed by atoms with E-state index in [2.05, 4.69) is 5.32 Å². The largest absolute Gasteiger partial charge is 0.464 e. The lowest BCUT2D eigenvalue weighted by molar-refractivity contribution is -0.149. The van der Waals surface area contributed by atoms with Gasteiger partial charge in [0.2, 0.25) is 0 Å². The molecule has 3 rings (SSSR count). The van der Waals surface area contributed by atoms with Gasteiger partial charge in [0, 0.05) is 5.69 Å². The van der Waals surface area contributed by atoms with Gasteiger partial charge >= 0.3 is 12.1 Å².